The van der Waals surface area contributed by atoms with Crippen LogP contribution in [-0.2, 0) is 14.3 Å². The van der Waals surface area contributed by atoms with E-state index < -0.39 is 24.0 Å². The Morgan fingerprint density at radius 2 is 2.00 bits per heavy atom. The molecule has 3 rings (SSSR count). The molecule has 0 spiro atoms. The molecule has 3 N–H and O–H groups in total. The quantitative estimate of drug-likeness (QED) is 0.552. The zero-order valence-corrected chi connectivity index (χ0v) is 15.3. The molecule has 0 unspecified atom stereocenters. The fraction of sp³-hybridized carbons (Fsp3) is 0.300. The molecule has 0 saturated heterocycles. The number of imidazole rings is 1. The Labute approximate surface area is 162 Å². The van der Waals surface area contributed by atoms with Crippen molar-refractivity contribution in [2.24, 2.45) is 0 Å². The maximum atomic E-state index is 12.6. The molecular formula is C20H22N4O4. The van der Waals surface area contributed by atoms with E-state index in [2.05, 4.69) is 20.6 Å². The Kier molecular flexibility index (Phi) is 6.56. The second kappa shape index (κ2) is 9.50. The summed E-state index contributed by atoms with van der Waals surface area (Å²) in [5.41, 5.74) is 0.840. The number of rotatable bonds is 3. The van der Waals surface area contributed by atoms with Gasteiger partial charge in [0.25, 0.3) is 5.91 Å². The lowest BCUT2D eigenvalue weighted by molar-refractivity contribution is -0.147. The number of benzene rings is 1. The summed E-state index contributed by atoms with van der Waals surface area (Å²) < 4.78 is 5.43. The van der Waals surface area contributed by atoms with E-state index in [1.165, 1.54) is 12.4 Å². The summed E-state index contributed by atoms with van der Waals surface area (Å²) in [6.07, 6.45) is 7.71. The fourth-order valence-corrected chi connectivity index (χ4v) is 2.83. The van der Waals surface area contributed by atoms with Crippen molar-refractivity contribution < 1.29 is 19.1 Å². The van der Waals surface area contributed by atoms with Crippen LogP contribution in [0.15, 0.2) is 54.9 Å². The minimum atomic E-state index is -0.847. The molecule has 0 saturated carbocycles. The van der Waals surface area contributed by atoms with E-state index in [1.54, 1.807) is 6.08 Å². The van der Waals surface area contributed by atoms with Crippen molar-refractivity contribution >= 4 is 17.8 Å². The van der Waals surface area contributed by atoms with E-state index in [0.29, 0.717) is 12.8 Å². The highest BCUT2D eigenvalue weighted by molar-refractivity contribution is 5.93. The maximum Gasteiger partial charge on any atom is 0.329 e. The summed E-state index contributed by atoms with van der Waals surface area (Å²) >= 11 is 0. The molecule has 28 heavy (non-hydrogen) atoms. The van der Waals surface area contributed by atoms with E-state index in [-0.39, 0.29) is 24.8 Å². The number of aromatic amines is 1. The van der Waals surface area contributed by atoms with Crippen molar-refractivity contribution in [3.05, 3.63) is 66.3 Å². The Morgan fingerprint density at radius 3 is 2.75 bits per heavy atom. The number of amides is 2. The van der Waals surface area contributed by atoms with E-state index in [9.17, 15) is 14.4 Å². The number of cyclic esters (lactones) is 1. The van der Waals surface area contributed by atoms with Crippen molar-refractivity contribution in [2.75, 3.05) is 6.61 Å². The lowest BCUT2D eigenvalue weighted by Crippen LogP contribution is -2.43. The number of hydrogen-bond acceptors (Lipinski definition) is 5. The molecule has 146 valence electrons. The molecule has 0 bridgehead atoms. The Hall–Kier alpha value is -3.42. The summed E-state index contributed by atoms with van der Waals surface area (Å²) in [6, 6.07) is 8.00. The van der Waals surface area contributed by atoms with Crippen LogP contribution >= 0.6 is 0 Å². The van der Waals surface area contributed by atoms with Crippen molar-refractivity contribution in [1.82, 2.24) is 20.6 Å². The van der Waals surface area contributed by atoms with Crippen LogP contribution in [-0.4, -0.2) is 40.4 Å². The molecule has 2 aromatic rings. The number of nitrogens with zero attached hydrogens (tertiary/aromatic N) is 1. The Bertz CT molecular complexity index is 833. The fourth-order valence-electron chi connectivity index (χ4n) is 2.83. The Balaban J connectivity index is 1.73. The van der Waals surface area contributed by atoms with Gasteiger partial charge in [-0.25, -0.2) is 9.78 Å². The topological polar surface area (TPSA) is 113 Å². The summed E-state index contributed by atoms with van der Waals surface area (Å²) in [6.45, 7) is -0.0224. The third-order valence-electron chi connectivity index (χ3n) is 4.31. The number of hydrogen-bond donors (Lipinski definition) is 3. The van der Waals surface area contributed by atoms with Gasteiger partial charge in [0, 0.05) is 18.8 Å². The molecule has 1 aliphatic rings. The molecule has 1 aromatic heterocycles. The molecule has 0 aliphatic carbocycles. The van der Waals surface area contributed by atoms with Gasteiger partial charge in [0.2, 0.25) is 5.91 Å². The average molecular weight is 382 g/mol. The third-order valence-corrected chi connectivity index (χ3v) is 4.31. The molecule has 0 radical (unpaired) electrons. The second-order valence-electron chi connectivity index (χ2n) is 6.37. The monoisotopic (exact) mass is 382 g/mol. The van der Waals surface area contributed by atoms with Crippen LogP contribution in [0.4, 0.5) is 0 Å². The number of H-pyrrole nitrogens is 1. The second-order valence-corrected chi connectivity index (χ2v) is 6.37. The number of ether oxygens (including phenoxy) is 1. The average Bonchev–Trinajstić information content (AvgIpc) is 3.24. The van der Waals surface area contributed by atoms with Gasteiger partial charge in [-0.15, -0.1) is 0 Å². The minimum absolute atomic E-state index is 0.0224. The van der Waals surface area contributed by atoms with Gasteiger partial charge in [-0.05, 0) is 18.4 Å². The van der Waals surface area contributed by atoms with Gasteiger partial charge >= 0.3 is 5.97 Å². The normalized spacial score (nSPS) is 21.0. The van der Waals surface area contributed by atoms with Gasteiger partial charge in [-0.1, -0.05) is 42.5 Å². The van der Waals surface area contributed by atoms with Crippen molar-refractivity contribution in [3.8, 4) is 0 Å². The van der Waals surface area contributed by atoms with Crippen molar-refractivity contribution in [3.63, 3.8) is 0 Å². The Morgan fingerprint density at radius 1 is 1.18 bits per heavy atom. The minimum Gasteiger partial charge on any atom is -0.462 e. The van der Waals surface area contributed by atoms with Crippen molar-refractivity contribution in [1.29, 1.82) is 0 Å². The molecule has 1 aromatic carbocycles. The number of allylic oxidation sites excluding steroid dienone is 1. The lowest BCUT2D eigenvalue weighted by Gasteiger charge is -2.22. The highest BCUT2D eigenvalue weighted by Gasteiger charge is 2.25. The molecule has 2 amide bonds. The largest absolute Gasteiger partial charge is 0.462 e. The van der Waals surface area contributed by atoms with E-state index >= 15 is 0 Å². The lowest BCUT2D eigenvalue weighted by atomic mass is 10.1. The molecule has 2 heterocycles. The van der Waals surface area contributed by atoms with Crippen LogP contribution in [0.3, 0.4) is 0 Å². The standard InChI is InChI=1S/C20H22N4O4/c25-17-10-6-2-5-9-15(24-19(26)18-21-11-12-22-18)20(27)28-13-16(23-17)14-7-3-1-4-8-14/h1-5,7-8,11-12,15-16H,6,9-10,13H2,(H,21,22)(H,23,25)(H,24,26)/t15-,16+/m1/s1. The van der Waals surface area contributed by atoms with E-state index in [0.717, 1.165) is 5.56 Å². The molecule has 2 atom stereocenters. The highest BCUT2D eigenvalue weighted by Crippen LogP contribution is 2.15. The van der Waals surface area contributed by atoms with Gasteiger partial charge in [-0.2, -0.15) is 0 Å². The van der Waals surface area contributed by atoms with Crippen LogP contribution in [0.1, 0.15) is 41.5 Å². The molecule has 8 nitrogen and oxygen atoms in total. The first-order valence-electron chi connectivity index (χ1n) is 9.09. The van der Waals surface area contributed by atoms with Crippen LogP contribution in [0, 0.1) is 0 Å². The number of esters is 1. The van der Waals surface area contributed by atoms with Crippen LogP contribution in [0.5, 0.6) is 0 Å². The molecule has 0 fully saturated rings. The zero-order valence-electron chi connectivity index (χ0n) is 15.3. The molecular weight excluding hydrogens is 360 g/mol. The zero-order chi connectivity index (χ0) is 19.8. The first kappa shape index (κ1) is 19.3. The number of aromatic nitrogens is 2. The van der Waals surface area contributed by atoms with Gasteiger partial charge in [-0.3, -0.25) is 9.59 Å². The number of carbonyl (C=O) groups excluding carboxylic acids is 3. The maximum absolute atomic E-state index is 12.6. The van der Waals surface area contributed by atoms with Crippen LogP contribution in [0.2, 0.25) is 0 Å². The molecule has 8 heteroatoms. The van der Waals surface area contributed by atoms with E-state index in [4.69, 9.17) is 4.74 Å². The predicted octanol–water partition coefficient (Wildman–Crippen LogP) is 1.65. The summed E-state index contributed by atoms with van der Waals surface area (Å²) in [5, 5.41) is 5.54. The first-order chi connectivity index (χ1) is 13.6. The van der Waals surface area contributed by atoms with Crippen LogP contribution < -0.4 is 10.6 Å². The number of nitrogens with one attached hydrogen (secondary N) is 3. The first-order valence-corrected chi connectivity index (χ1v) is 9.09. The predicted molar refractivity (Wildman–Crippen MR) is 101 cm³/mol. The van der Waals surface area contributed by atoms with Crippen LogP contribution in [0.25, 0.3) is 0 Å². The van der Waals surface area contributed by atoms with Gasteiger partial charge < -0.3 is 20.4 Å². The van der Waals surface area contributed by atoms with Gasteiger partial charge in [0.15, 0.2) is 5.82 Å². The number of carbonyl (C=O) groups is 3. The SMILES string of the molecule is O=C1CCC=CC[C@@H](NC(=O)c2ncc[nH]2)C(=O)OC[C@@H](c2ccccc2)N1. The summed E-state index contributed by atoms with van der Waals surface area (Å²) in [7, 11) is 0. The highest BCUT2D eigenvalue weighted by atomic mass is 16.5. The smallest absolute Gasteiger partial charge is 0.329 e. The van der Waals surface area contributed by atoms with Gasteiger partial charge in [0.05, 0.1) is 6.04 Å². The summed E-state index contributed by atoms with van der Waals surface area (Å²) in [5.74, 6) is -1.05. The third kappa shape index (κ3) is 5.29. The van der Waals surface area contributed by atoms with E-state index in [1.807, 2.05) is 36.4 Å². The summed E-state index contributed by atoms with van der Waals surface area (Å²) in [4.78, 5) is 43.5. The van der Waals surface area contributed by atoms with Crippen molar-refractivity contribution in [2.45, 2.75) is 31.3 Å². The van der Waals surface area contributed by atoms with Gasteiger partial charge in [0.1, 0.15) is 12.6 Å². The molecule has 1 aliphatic heterocycles.